The van der Waals surface area contributed by atoms with Crippen LogP contribution in [0.1, 0.15) is 34.1 Å². The second kappa shape index (κ2) is 7.16. The van der Waals surface area contributed by atoms with Crippen LogP contribution < -0.4 is 15.8 Å². The van der Waals surface area contributed by atoms with Gasteiger partial charge in [-0.1, -0.05) is 0 Å². The Morgan fingerprint density at radius 3 is 2.66 bits per heavy atom. The lowest BCUT2D eigenvalue weighted by Crippen LogP contribution is -2.48. The SMILES string of the molecule is Cc1ccc(N2C[C@@H]3C[C@H](C2)c2ccc(C(=O)NCC(F)(F)F)c(=O)n2C3)nn1. The summed E-state index contributed by atoms with van der Waals surface area (Å²) in [6.07, 6.45) is -3.62. The Balaban J connectivity index is 1.57. The molecule has 4 rings (SSSR count). The molecule has 2 bridgehead atoms. The van der Waals surface area contributed by atoms with E-state index >= 15 is 0 Å². The zero-order chi connectivity index (χ0) is 20.8. The largest absolute Gasteiger partial charge is 0.405 e. The van der Waals surface area contributed by atoms with Crippen molar-refractivity contribution in [1.29, 1.82) is 0 Å². The third-order valence-electron chi connectivity index (χ3n) is 5.41. The summed E-state index contributed by atoms with van der Waals surface area (Å²) in [5.74, 6) is 0.0280. The van der Waals surface area contributed by atoms with Crippen LogP contribution >= 0.6 is 0 Å². The minimum Gasteiger partial charge on any atom is -0.354 e. The molecule has 1 amide bonds. The maximum Gasteiger partial charge on any atom is 0.405 e. The van der Waals surface area contributed by atoms with E-state index in [0.29, 0.717) is 19.6 Å². The lowest BCUT2D eigenvalue weighted by atomic mass is 9.83. The third-order valence-corrected chi connectivity index (χ3v) is 5.41. The molecular weight excluding hydrogens is 387 g/mol. The van der Waals surface area contributed by atoms with E-state index in [1.54, 1.807) is 16.0 Å². The molecule has 2 aliphatic heterocycles. The number of hydrogen-bond acceptors (Lipinski definition) is 5. The van der Waals surface area contributed by atoms with E-state index in [9.17, 15) is 22.8 Å². The molecule has 154 valence electrons. The molecule has 0 radical (unpaired) electrons. The van der Waals surface area contributed by atoms with E-state index in [2.05, 4.69) is 15.1 Å². The monoisotopic (exact) mass is 407 g/mol. The number of halogens is 3. The number of aryl methyl sites for hydroxylation is 1. The number of pyridine rings is 1. The van der Waals surface area contributed by atoms with Gasteiger partial charge < -0.3 is 14.8 Å². The van der Waals surface area contributed by atoms with Crippen LogP contribution in [0, 0.1) is 12.8 Å². The van der Waals surface area contributed by atoms with Crippen LogP contribution in [-0.4, -0.2) is 46.5 Å². The fraction of sp³-hybridized carbons (Fsp3) is 0.474. The molecular formula is C19H20F3N5O2. The molecule has 2 atom stereocenters. The number of anilines is 1. The summed E-state index contributed by atoms with van der Waals surface area (Å²) in [6.45, 7) is 2.18. The highest BCUT2D eigenvalue weighted by Gasteiger charge is 2.36. The Kier molecular flexibility index (Phi) is 4.79. The number of aromatic nitrogens is 3. The Morgan fingerprint density at radius 1 is 1.17 bits per heavy atom. The van der Waals surface area contributed by atoms with E-state index in [4.69, 9.17) is 0 Å². The van der Waals surface area contributed by atoms with Crippen molar-refractivity contribution in [3.8, 4) is 0 Å². The molecule has 2 aromatic heterocycles. The minimum absolute atomic E-state index is 0.0746. The molecule has 0 saturated carbocycles. The number of nitrogens with one attached hydrogen (secondary N) is 1. The summed E-state index contributed by atoms with van der Waals surface area (Å²) in [5.41, 5.74) is 0.822. The average molecular weight is 407 g/mol. The quantitative estimate of drug-likeness (QED) is 0.840. The number of rotatable bonds is 3. The van der Waals surface area contributed by atoms with Crippen molar-refractivity contribution < 1.29 is 18.0 Å². The summed E-state index contributed by atoms with van der Waals surface area (Å²) in [5, 5.41) is 10.1. The van der Waals surface area contributed by atoms with Crippen LogP contribution in [0.3, 0.4) is 0 Å². The normalized spacial score (nSPS) is 20.9. The molecule has 1 N–H and O–H groups in total. The molecule has 0 spiro atoms. The lowest BCUT2D eigenvalue weighted by molar-refractivity contribution is -0.123. The van der Waals surface area contributed by atoms with Gasteiger partial charge in [0.05, 0.1) is 5.69 Å². The molecule has 7 nitrogen and oxygen atoms in total. The van der Waals surface area contributed by atoms with E-state index in [1.165, 1.54) is 6.07 Å². The second-order valence-corrected chi connectivity index (χ2v) is 7.62. The molecule has 0 unspecified atom stereocenters. The number of piperidine rings is 1. The molecule has 2 aliphatic rings. The summed E-state index contributed by atoms with van der Waals surface area (Å²) in [7, 11) is 0. The maximum atomic E-state index is 12.8. The molecule has 10 heteroatoms. The number of hydrogen-bond donors (Lipinski definition) is 1. The van der Waals surface area contributed by atoms with Crippen LogP contribution in [0.5, 0.6) is 0 Å². The van der Waals surface area contributed by atoms with Gasteiger partial charge in [0, 0.05) is 31.2 Å². The van der Waals surface area contributed by atoms with Crippen molar-refractivity contribution in [3.05, 3.63) is 51.6 Å². The smallest absolute Gasteiger partial charge is 0.354 e. The van der Waals surface area contributed by atoms with Crippen molar-refractivity contribution in [2.24, 2.45) is 5.92 Å². The van der Waals surface area contributed by atoms with E-state index in [-0.39, 0.29) is 17.4 Å². The lowest BCUT2D eigenvalue weighted by Gasteiger charge is -2.43. The first-order chi connectivity index (χ1) is 13.7. The molecule has 1 saturated heterocycles. The maximum absolute atomic E-state index is 12.8. The van der Waals surface area contributed by atoms with Crippen molar-refractivity contribution in [1.82, 2.24) is 20.1 Å². The number of alkyl halides is 3. The van der Waals surface area contributed by atoms with Gasteiger partial charge in [0.1, 0.15) is 12.1 Å². The van der Waals surface area contributed by atoms with Crippen LogP contribution in [0.2, 0.25) is 0 Å². The number of carbonyl (C=O) groups is 1. The predicted molar refractivity (Wildman–Crippen MR) is 98.9 cm³/mol. The molecule has 0 aromatic carbocycles. The Morgan fingerprint density at radius 2 is 1.97 bits per heavy atom. The molecule has 2 aromatic rings. The summed E-state index contributed by atoms with van der Waals surface area (Å²) in [6, 6.07) is 6.82. The summed E-state index contributed by atoms with van der Waals surface area (Å²) >= 11 is 0. The van der Waals surface area contributed by atoms with Crippen LogP contribution in [0.15, 0.2) is 29.1 Å². The van der Waals surface area contributed by atoms with Gasteiger partial charge in [-0.05, 0) is 43.5 Å². The van der Waals surface area contributed by atoms with Gasteiger partial charge in [-0.2, -0.15) is 18.3 Å². The van der Waals surface area contributed by atoms with Gasteiger partial charge in [0.2, 0.25) is 0 Å². The van der Waals surface area contributed by atoms with Crippen molar-refractivity contribution in [3.63, 3.8) is 0 Å². The van der Waals surface area contributed by atoms with Crippen molar-refractivity contribution in [2.45, 2.75) is 32.0 Å². The zero-order valence-corrected chi connectivity index (χ0v) is 15.7. The van der Waals surface area contributed by atoms with Gasteiger partial charge >= 0.3 is 6.18 Å². The van der Waals surface area contributed by atoms with Crippen LogP contribution in [-0.2, 0) is 6.54 Å². The fourth-order valence-electron chi connectivity index (χ4n) is 4.14. The first-order valence-corrected chi connectivity index (χ1v) is 9.35. The van der Waals surface area contributed by atoms with Crippen molar-refractivity contribution >= 4 is 11.7 Å². The van der Waals surface area contributed by atoms with Crippen LogP contribution in [0.25, 0.3) is 0 Å². The summed E-state index contributed by atoms with van der Waals surface area (Å²) < 4.78 is 38.6. The Hall–Kier alpha value is -2.91. The number of fused-ring (bicyclic) bond motifs is 4. The minimum atomic E-state index is -4.53. The van der Waals surface area contributed by atoms with Crippen LogP contribution in [0.4, 0.5) is 19.0 Å². The highest BCUT2D eigenvalue weighted by molar-refractivity contribution is 5.93. The van der Waals surface area contributed by atoms with Crippen molar-refractivity contribution in [2.75, 3.05) is 24.5 Å². The van der Waals surface area contributed by atoms with E-state index in [1.807, 2.05) is 19.1 Å². The zero-order valence-electron chi connectivity index (χ0n) is 15.7. The predicted octanol–water partition coefficient (Wildman–Crippen LogP) is 1.86. The molecule has 4 heterocycles. The highest BCUT2D eigenvalue weighted by atomic mass is 19.4. The third kappa shape index (κ3) is 3.96. The molecule has 0 aliphatic carbocycles. The van der Waals surface area contributed by atoms with Gasteiger partial charge in [-0.3, -0.25) is 9.59 Å². The molecule has 1 fully saturated rings. The van der Waals surface area contributed by atoms with Gasteiger partial charge in [0.25, 0.3) is 11.5 Å². The number of amides is 1. The number of carbonyl (C=O) groups excluding carboxylic acids is 1. The standard InChI is InChI=1S/C19H20F3N5O2/c1-11-2-5-16(25-24-11)26-7-12-6-13(9-26)15-4-3-14(18(29)27(15)8-12)17(28)23-10-19(20,21)22/h2-5,12-13H,6-10H2,1H3,(H,23,28)/t12-,13+/m0/s1. The van der Waals surface area contributed by atoms with Gasteiger partial charge in [-0.15, -0.1) is 5.10 Å². The topological polar surface area (TPSA) is 80.1 Å². The van der Waals surface area contributed by atoms with Gasteiger partial charge in [-0.25, -0.2) is 0 Å². The summed E-state index contributed by atoms with van der Waals surface area (Å²) in [4.78, 5) is 27.0. The van der Waals surface area contributed by atoms with E-state index < -0.39 is 24.2 Å². The highest BCUT2D eigenvalue weighted by Crippen LogP contribution is 2.36. The first kappa shape index (κ1) is 19.4. The molecule has 29 heavy (non-hydrogen) atoms. The Bertz CT molecular complexity index is 987. The first-order valence-electron chi connectivity index (χ1n) is 9.35. The van der Waals surface area contributed by atoms with Gasteiger partial charge in [0.15, 0.2) is 5.82 Å². The van der Waals surface area contributed by atoms with E-state index in [0.717, 1.165) is 23.6 Å². The fourth-order valence-corrected chi connectivity index (χ4v) is 4.14. The Labute approximate surface area is 164 Å². The second-order valence-electron chi connectivity index (χ2n) is 7.62. The average Bonchev–Trinajstić information content (AvgIpc) is 2.67. The number of nitrogens with zero attached hydrogens (tertiary/aromatic N) is 4.